The summed E-state index contributed by atoms with van der Waals surface area (Å²) in [5.41, 5.74) is -2.62. The van der Waals surface area contributed by atoms with Gasteiger partial charge in [-0.3, -0.25) is 4.79 Å². The molecule has 0 heterocycles. The molecule has 0 atom stereocenters. The molecule has 1 aromatic carbocycles. The largest absolute Gasteiger partial charge is 0.481 e. The van der Waals surface area contributed by atoms with E-state index >= 15 is 0 Å². The first-order valence-corrected chi connectivity index (χ1v) is 8.23. The minimum absolute atomic E-state index is 0.0868. The molecule has 0 aromatic heterocycles. The van der Waals surface area contributed by atoms with Crippen LogP contribution in [-0.4, -0.2) is 25.0 Å². The fourth-order valence-corrected chi connectivity index (χ4v) is 3.67. The van der Waals surface area contributed by atoms with Crippen LogP contribution in [0.25, 0.3) is 0 Å². The molecule has 1 rings (SSSR count). The summed E-state index contributed by atoms with van der Waals surface area (Å²) in [5, 5.41) is 8.38. The van der Waals surface area contributed by atoms with E-state index in [1.165, 1.54) is 13.8 Å². The first kappa shape index (κ1) is 19.7. The zero-order valence-corrected chi connectivity index (χ0v) is 13.8. The quantitative estimate of drug-likeness (QED) is 0.801. The van der Waals surface area contributed by atoms with Crippen molar-refractivity contribution in [3.63, 3.8) is 0 Å². The van der Waals surface area contributed by atoms with Crippen LogP contribution in [0.15, 0.2) is 23.1 Å². The van der Waals surface area contributed by atoms with Crippen LogP contribution in [0.3, 0.4) is 0 Å². The summed E-state index contributed by atoms with van der Waals surface area (Å²) in [6.45, 7) is 2.77. The number of carbonyl (C=O) groups is 1. The van der Waals surface area contributed by atoms with E-state index in [0.717, 1.165) is 12.1 Å². The molecule has 2 N–H and O–H groups in total. The third-order valence-electron chi connectivity index (χ3n) is 2.91. The van der Waals surface area contributed by atoms with Gasteiger partial charge < -0.3 is 5.11 Å². The summed E-state index contributed by atoms with van der Waals surface area (Å²) in [7, 11) is -4.52. The van der Waals surface area contributed by atoms with Crippen LogP contribution in [0, 0.1) is 0 Å². The molecule has 5 nitrogen and oxygen atoms in total. The molecule has 0 bridgehead atoms. The van der Waals surface area contributed by atoms with Gasteiger partial charge in [-0.05, 0) is 38.5 Å². The number of rotatable bonds is 6. The van der Waals surface area contributed by atoms with Crippen molar-refractivity contribution in [3.05, 3.63) is 28.8 Å². The van der Waals surface area contributed by atoms with Crippen LogP contribution in [0.1, 0.15) is 32.3 Å². The molecule has 23 heavy (non-hydrogen) atoms. The third kappa shape index (κ3) is 5.67. The van der Waals surface area contributed by atoms with Gasteiger partial charge in [0.05, 0.1) is 10.5 Å². The van der Waals surface area contributed by atoms with Gasteiger partial charge in [-0.2, -0.15) is 13.2 Å². The third-order valence-corrected chi connectivity index (χ3v) is 4.90. The monoisotopic (exact) mass is 373 g/mol. The van der Waals surface area contributed by atoms with Crippen molar-refractivity contribution in [2.75, 3.05) is 0 Å². The van der Waals surface area contributed by atoms with Gasteiger partial charge in [-0.15, -0.1) is 0 Å². The van der Waals surface area contributed by atoms with E-state index in [0.29, 0.717) is 6.07 Å². The normalized spacial score (nSPS) is 13.1. The fourth-order valence-electron chi connectivity index (χ4n) is 1.85. The van der Waals surface area contributed by atoms with Crippen LogP contribution in [0.4, 0.5) is 13.2 Å². The topological polar surface area (TPSA) is 83.5 Å². The predicted octanol–water partition coefficient (Wildman–Crippen LogP) is 3.28. The highest BCUT2D eigenvalue weighted by Gasteiger charge is 2.38. The maximum atomic E-state index is 13.0. The van der Waals surface area contributed by atoms with Crippen molar-refractivity contribution in [2.45, 2.75) is 43.3 Å². The number of carboxylic acid groups (broad SMARTS) is 1. The number of sulfonamides is 1. The van der Waals surface area contributed by atoms with Crippen molar-refractivity contribution in [3.8, 4) is 0 Å². The van der Waals surface area contributed by atoms with E-state index in [1.54, 1.807) is 0 Å². The summed E-state index contributed by atoms with van der Waals surface area (Å²) >= 11 is 5.51. The van der Waals surface area contributed by atoms with Gasteiger partial charge in [0, 0.05) is 17.0 Å². The Bertz CT molecular complexity index is 702. The highest BCUT2D eigenvalue weighted by molar-refractivity contribution is 7.89. The zero-order chi connectivity index (χ0) is 18.1. The van der Waals surface area contributed by atoms with Crippen molar-refractivity contribution < 1.29 is 31.5 Å². The van der Waals surface area contributed by atoms with Gasteiger partial charge in [0.2, 0.25) is 10.0 Å². The second kappa shape index (κ2) is 6.66. The number of aliphatic carboxylic acids is 1. The van der Waals surface area contributed by atoms with Gasteiger partial charge in [0.25, 0.3) is 0 Å². The molecule has 0 saturated carbocycles. The Kier molecular flexibility index (Phi) is 5.71. The Balaban J connectivity index is 3.22. The Morgan fingerprint density at radius 1 is 1.30 bits per heavy atom. The minimum atomic E-state index is -4.90. The molecule has 0 aliphatic heterocycles. The smallest absolute Gasteiger partial charge is 0.417 e. The zero-order valence-electron chi connectivity index (χ0n) is 12.2. The van der Waals surface area contributed by atoms with Crippen LogP contribution in [0.5, 0.6) is 0 Å². The molecule has 0 saturated heterocycles. The minimum Gasteiger partial charge on any atom is -0.481 e. The van der Waals surface area contributed by atoms with Crippen LogP contribution >= 0.6 is 11.6 Å². The fraction of sp³-hybridized carbons (Fsp3) is 0.462. The Morgan fingerprint density at radius 3 is 2.35 bits per heavy atom. The van der Waals surface area contributed by atoms with Crippen molar-refractivity contribution in [1.29, 1.82) is 0 Å². The number of halogens is 4. The van der Waals surface area contributed by atoms with Crippen molar-refractivity contribution >= 4 is 27.6 Å². The molecule has 0 aliphatic rings. The van der Waals surface area contributed by atoms with Gasteiger partial charge in [-0.1, -0.05) is 11.6 Å². The second-order valence-corrected chi connectivity index (χ2v) is 7.61. The van der Waals surface area contributed by atoms with Crippen LogP contribution in [-0.2, 0) is 21.0 Å². The van der Waals surface area contributed by atoms with E-state index in [-0.39, 0.29) is 17.9 Å². The second-order valence-electron chi connectivity index (χ2n) is 5.52. The van der Waals surface area contributed by atoms with Gasteiger partial charge in [-0.25, -0.2) is 13.1 Å². The number of hydrogen-bond donors (Lipinski definition) is 2. The summed E-state index contributed by atoms with van der Waals surface area (Å²) in [5.74, 6) is -1.14. The molecule has 0 aliphatic carbocycles. The lowest BCUT2D eigenvalue weighted by Crippen LogP contribution is -2.44. The number of hydrogen-bond acceptors (Lipinski definition) is 3. The lowest BCUT2D eigenvalue weighted by Gasteiger charge is -2.26. The molecule has 0 spiro atoms. The lowest BCUT2D eigenvalue weighted by atomic mass is 10.0. The molecule has 0 unspecified atom stereocenters. The molecule has 0 fully saturated rings. The molecule has 1 aromatic rings. The molecule has 130 valence electrons. The summed E-state index contributed by atoms with van der Waals surface area (Å²) in [6, 6.07) is 2.33. The lowest BCUT2D eigenvalue weighted by molar-refractivity contribution is -0.140. The first-order valence-electron chi connectivity index (χ1n) is 6.37. The van der Waals surface area contributed by atoms with Crippen molar-refractivity contribution in [1.82, 2.24) is 4.72 Å². The summed E-state index contributed by atoms with van der Waals surface area (Å²) in [6.07, 6.45) is -5.32. The van der Waals surface area contributed by atoms with E-state index in [2.05, 4.69) is 4.72 Å². The van der Waals surface area contributed by atoms with Gasteiger partial charge in [0.1, 0.15) is 0 Å². The van der Waals surface area contributed by atoms with E-state index < -0.39 is 38.2 Å². The molecule has 0 radical (unpaired) electrons. The number of carboxylic acids is 1. The summed E-state index contributed by atoms with van der Waals surface area (Å²) in [4.78, 5) is 9.60. The van der Waals surface area contributed by atoms with Gasteiger partial charge in [0.15, 0.2) is 0 Å². The molecular weight excluding hydrogens is 359 g/mol. The average Bonchev–Trinajstić information content (AvgIpc) is 2.34. The Morgan fingerprint density at radius 2 is 1.87 bits per heavy atom. The highest BCUT2D eigenvalue weighted by Crippen LogP contribution is 2.36. The van der Waals surface area contributed by atoms with E-state index in [1.807, 2.05) is 0 Å². The molecule has 0 amide bonds. The predicted molar refractivity (Wildman–Crippen MR) is 77.7 cm³/mol. The van der Waals surface area contributed by atoms with Crippen LogP contribution < -0.4 is 4.72 Å². The number of nitrogens with one attached hydrogen (secondary N) is 1. The Hall–Kier alpha value is -1.32. The molecular formula is C13H15ClF3NO4S. The SMILES string of the molecule is CC(C)(CCC(=O)O)NS(=O)(=O)c1ccc(Cl)cc1C(F)(F)F. The standard InChI is InChI=1S/C13H15ClF3NO4S/c1-12(2,6-5-11(19)20)18-23(21,22)10-4-3-8(14)7-9(10)13(15,16)17/h3-4,7,18H,5-6H2,1-2H3,(H,19,20). The van der Waals surface area contributed by atoms with Crippen molar-refractivity contribution in [2.24, 2.45) is 0 Å². The van der Waals surface area contributed by atoms with E-state index in [4.69, 9.17) is 16.7 Å². The Labute approximate surface area is 136 Å². The molecule has 10 heteroatoms. The highest BCUT2D eigenvalue weighted by atomic mass is 35.5. The maximum Gasteiger partial charge on any atom is 0.417 e. The first-order chi connectivity index (χ1) is 10.2. The number of alkyl halides is 3. The van der Waals surface area contributed by atoms with Gasteiger partial charge >= 0.3 is 12.1 Å². The average molecular weight is 374 g/mol. The maximum absolute atomic E-state index is 13.0. The number of benzene rings is 1. The van der Waals surface area contributed by atoms with E-state index in [9.17, 15) is 26.4 Å². The van der Waals surface area contributed by atoms with Crippen LogP contribution in [0.2, 0.25) is 5.02 Å². The summed E-state index contributed by atoms with van der Waals surface area (Å²) < 4.78 is 65.7.